The lowest BCUT2D eigenvalue weighted by Gasteiger charge is -2.13. The highest BCUT2D eigenvalue weighted by molar-refractivity contribution is 6.22. The molecule has 0 unspecified atom stereocenters. The van der Waals surface area contributed by atoms with Gasteiger partial charge in [-0.2, -0.15) is 0 Å². The van der Waals surface area contributed by atoms with Gasteiger partial charge in [-0.25, -0.2) is 15.0 Å². The number of hydrogen-bond acceptors (Lipinski definition) is 3. The maximum absolute atomic E-state index is 5.75. The molecule has 3 aromatic heterocycles. The summed E-state index contributed by atoms with van der Waals surface area (Å²) in [6.07, 6.45) is 0. The zero-order valence-corrected chi connectivity index (χ0v) is 34.0. The fourth-order valence-electron chi connectivity index (χ4n) is 9.46. The Balaban J connectivity index is 1.29. The minimum absolute atomic E-state index is 0.815. The summed E-state index contributed by atoms with van der Waals surface area (Å²) < 4.78 is 6.97. The quantitative estimate of drug-likeness (QED) is 0.168. The molecule has 63 heavy (non-hydrogen) atoms. The minimum atomic E-state index is 0.815. The van der Waals surface area contributed by atoms with E-state index in [1.165, 1.54) is 16.2 Å². The first kappa shape index (κ1) is 35.2. The third-order valence-electron chi connectivity index (χ3n) is 12.4. The van der Waals surface area contributed by atoms with Crippen LogP contribution in [0.5, 0.6) is 0 Å². The average molecular weight is 805 g/mol. The fourth-order valence-corrected chi connectivity index (χ4v) is 9.46. The van der Waals surface area contributed by atoms with Gasteiger partial charge < -0.3 is 0 Å². The van der Waals surface area contributed by atoms with E-state index in [1.807, 2.05) is 0 Å². The van der Waals surface area contributed by atoms with Crippen LogP contribution in [0.2, 0.25) is 0 Å². The third-order valence-corrected chi connectivity index (χ3v) is 12.4. The highest BCUT2D eigenvalue weighted by atomic mass is 15.2. The van der Waals surface area contributed by atoms with Gasteiger partial charge in [-0.05, 0) is 68.7 Å². The predicted molar refractivity (Wildman–Crippen MR) is 259 cm³/mol. The molecule has 6 nitrogen and oxygen atoms in total. The highest BCUT2D eigenvalue weighted by Crippen LogP contribution is 2.45. The molecule has 0 bridgehead atoms. The second-order valence-corrected chi connectivity index (χ2v) is 16.1. The van der Waals surface area contributed by atoms with Gasteiger partial charge in [0.05, 0.1) is 0 Å². The van der Waals surface area contributed by atoms with Gasteiger partial charge in [0.2, 0.25) is 0 Å². The van der Waals surface area contributed by atoms with Crippen molar-refractivity contribution in [3.63, 3.8) is 0 Å². The SMILES string of the molecule is c1ccc(-c2nc3c(c4nc(-c5ccccc5)n(-c5ccc6ccccc6c5)c4c4nc(-c5ccccc5)n(-c5ccc6ccccc6c5)c34)n2-c2ccc3ccccc3c2)cc1. The molecule has 13 aromatic rings. The van der Waals surface area contributed by atoms with E-state index >= 15 is 0 Å². The number of fused-ring (bicyclic) bond motifs is 9. The first-order valence-electron chi connectivity index (χ1n) is 21.3. The lowest BCUT2D eigenvalue weighted by atomic mass is 10.1. The van der Waals surface area contributed by atoms with Crippen molar-refractivity contribution < 1.29 is 0 Å². The van der Waals surface area contributed by atoms with Gasteiger partial charge in [-0.1, -0.05) is 182 Å². The van der Waals surface area contributed by atoms with Crippen LogP contribution in [0.15, 0.2) is 218 Å². The average Bonchev–Trinajstić information content (AvgIpc) is 4.07. The largest absolute Gasteiger partial charge is 0.290 e. The van der Waals surface area contributed by atoms with Gasteiger partial charge in [-0.15, -0.1) is 0 Å². The summed E-state index contributed by atoms with van der Waals surface area (Å²) in [4.78, 5) is 17.3. The maximum Gasteiger partial charge on any atom is 0.145 e. The van der Waals surface area contributed by atoms with Gasteiger partial charge in [0.15, 0.2) is 0 Å². The van der Waals surface area contributed by atoms with E-state index < -0.39 is 0 Å². The minimum Gasteiger partial charge on any atom is -0.290 e. The lowest BCUT2D eigenvalue weighted by molar-refractivity contribution is 1.10. The molecular formula is C57H36N6. The van der Waals surface area contributed by atoms with Crippen LogP contribution in [0.4, 0.5) is 0 Å². The Kier molecular flexibility index (Phi) is 7.80. The topological polar surface area (TPSA) is 53.5 Å². The molecular weight excluding hydrogens is 769 g/mol. The Hall–Kier alpha value is -8.61. The Labute approximate surface area is 362 Å². The van der Waals surface area contributed by atoms with Crippen LogP contribution in [0.25, 0.3) is 117 Å². The Morgan fingerprint density at radius 3 is 0.778 bits per heavy atom. The molecule has 0 aliphatic heterocycles. The summed E-state index contributed by atoms with van der Waals surface area (Å²) in [7, 11) is 0. The molecule has 0 spiro atoms. The predicted octanol–water partition coefficient (Wildman–Crippen LogP) is 14.2. The first-order chi connectivity index (χ1) is 31.2. The fraction of sp³-hybridized carbons (Fsp3) is 0. The lowest BCUT2D eigenvalue weighted by Crippen LogP contribution is -2.00. The smallest absolute Gasteiger partial charge is 0.145 e. The molecule has 3 heterocycles. The van der Waals surface area contributed by atoms with Crippen molar-refractivity contribution in [1.29, 1.82) is 0 Å². The molecule has 0 N–H and O–H groups in total. The van der Waals surface area contributed by atoms with Gasteiger partial charge >= 0.3 is 0 Å². The van der Waals surface area contributed by atoms with E-state index in [-0.39, 0.29) is 0 Å². The molecule has 0 saturated carbocycles. The zero-order valence-electron chi connectivity index (χ0n) is 34.0. The summed E-state index contributed by atoms with van der Waals surface area (Å²) >= 11 is 0. The number of hydrogen-bond donors (Lipinski definition) is 0. The Bertz CT molecular complexity index is 3460. The number of imidazole rings is 3. The third kappa shape index (κ3) is 5.55. The van der Waals surface area contributed by atoms with Crippen LogP contribution < -0.4 is 0 Å². The van der Waals surface area contributed by atoms with E-state index in [1.54, 1.807) is 0 Å². The molecule has 0 fully saturated rings. The zero-order chi connectivity index (χ0) is 41.4. The number of rotatable bonds is 6. The summed E-state index contributed by atoms with van der Waals surface area (Å²) in [5.41, 5.74) is 11.2. The Morgan fingerprint density at radius 2 is 0.492 bits per heavy atom. The van der Waals surface area contributed by atoms with Crippen molar-refractivity contribution in [1.82, 2.24) is 28.7 Å². The van der Waals surface area contributed by atoms with Crippen molar-refractivity contribution in [3.8, 4) is 51.2 Å². The van der Waals surface area contributed by atoms with Crippen molar-refractivity contribution >= 4 is 65.4 Å². The molecule has 10 aromatic carbocycles. The number of aromatic nitrogens is 6. The van der Waals surface area contributed by atoms with Crippen LogP contribution >= 0.6 is 0 Å². The van der Waals surface area contributed by atoms with Crippen LogP contribution in [0, 0.1) is 0 Å². The molecule has 0 radical (unpaired) electrons. The summed E-state index contributed by atoms with van der Waals surface area (Å²) in [5.74, 6) is 2.47. The van der Waals surface area contributed by atoms with Gasteiger partial charge in [0, 0.05) is 33.8 Å². The van der Waals surface area contributed by atoms with Crippen LogP contribution in [-0.4, -0.2) is 28.7 Å². The van der Waals surface area contributed by atoms with Gasteiger partial charge in [0.1, 0.15) is 50.6 Å². The monoisotopic (exact) mass is 804 g/mol. The van der Waals surface area contributed by atoms with Gasteiger partial charge in [-0.3, -0.25) is 13.7 Å². The molecule has 0 atom stereocenters. The summed E-state index contributed by atoms with van der Waals surface area (Å²) in [6.45, 7) is 0. The molecule has 0 amide bonds. The second-order valence-electron chi connectivity index (χ2n) is 16.1. The van der Waals surface area contributed by atoms with Gasteiger partial charge in [0.25, 0.3) is 0 Å². The second kappa shape index (κ2) is 14.0. The van der Waals surface area contributed by atoms with E-state index in [2.05, 4.69) is 232 Å². The van der Waals surface area contributed by atoms with Crippen molar-refractivity contribution in [2.45, 2.75) is 0 Å². The summed E-state index contributed by atoms with van der Waals surface area (Å²) in [5, 5.41) is 6.96. The molecule has 294 valence electrons. The maximum atomic E-state index is 5.75. The first-order valence-corrected chi connectivity index (χ1v) is 21.3. The standard InChI is InChI=1S/C57H36N6/c1-4-19-40(20-5-1)55-58-49-52(61(55)46-31-28-37-16-10-13-25-43(37)34-46)50-54(63(56(59-50)41-21-6-2-7-22-41)48-33-30-39-18-12-15-27-45(39)36-48)51-53(49)62(57(60-51)42-23-8-3-9-24-42)47-32-29-38-17-11-14-26-44(38)35-47/h1-36H. The summed E-state index contributed by atoms with van der Waals surface area (Å²) in [6, 6.07) is 77.2. The van der Waals surface area contributed by atoms with E-state index in [9.17, 15) is 0 Å². The molecule has 0 saturated heterocycles. The molecule has 0 aliphatic carbocycles. The molecule has 13 rings (SSSR count). The van der Waals surface area contributed by atoms with E-state index in [0.717, 1.165) is 100 Å². The highest BCUT2D eigenvalue weighted by Gasteiger charge is 2.30. The molecule has 0 aliphatic rings. The number of nitrogens with zero attached hydrogens (tertiary/aromatic N) is 6. The van der Waals surface area contributed by atoms with Crippen molar-refractivity contribution in [2.75, 3.05) is 0 Å². The van der Waals surface area contributed by atoms with Crippen LogP contribution in [-0.2, 0) is 0 Å². The molecule has 6 heteroatoms. The number of benzene rings is 10. The van der Waals surface area contributed by atoms with Crippen molar-refractivity contribution in [3.05, 3.63) is 218 Å². The Morgan fingerprint density at radius 1 is 0.238 bits per heavy atom. The normalized spacial score (nSPS) is 11.8. The van der Waals surface area contributed by atoms with Crippen molar-refractivity contribution in [2.24, 2.45) is 0 Å². The van der Waals surface area contributed by atoms with E-state index in [4.69, 9.17) is 15.0 Å². The van der Waals surface area contributed by atoms with E-state index in [0.29, 0.717) is 0 Å². The van der Waals surface area contributed by atoms with Crippen LogP contribution in [0.3, 0.4) is 0 Å². The van der Waals surface area contributed by atoms with Crippen LogP contribution in [0.1, 0.15) is 0 Å².